The zero-order valence-corrected chi connectivity index (χ0v) is 23.5. The summed E-state index contributed by atoms with van der Waals surface area (Å²) in [7, 11) is -0.583. The minimum atomic E-state index is -3.75. The Labute approximate surface area is 234 Å². The number of sulfonamides is 1. The largest absolute Gasteiger partial charge is 0.334 e. The van der Waals surface area contributed by atoms with Gasteiger partial charge in [-0.15, -0.1) is 0 Å². The van der Waals surface area contributed by atoms with Crippen molar-refractivity contribution in [3.8, 4) is 11.1 Å². The molecule has 38 heavy (non-hydrogen) atoms. The number of fused-ring (bicyclic) bond motifs is 1. The van der Waals surface area contributed by atoms with Gasteiger partial charge in [-0.05, 0) is 58.1 Å². The fraction of sp³-hybridized carbons (Fsp3) is 0.103. The lowest BCUT2D eigenvalue weighted by atomic mass is 10.0. The Bertz CT molecular complexity index is 1750. The zero-order chi connectivity index (χ0) is 26.7. The molecule has 1 amide bonds. The van der Waals surface area contributed by atoms with Gasteiger partial charge in [0.1, 0.15) is 3.82 Å². The minimum Gasteiger partial charge on any atom is -0.334 e. The number of hydrogen-bond donors (Lipinski definition) is 1. The number of amides is 1. The maximum absolute atomic E-state index is 13.8. The molecule has 0 aliphatic heterocycles. The van der Waals surface area contributed by atoms with Gasteiger partial charge >= 0.3 is 0 Å². The van der Waals surface area contributed by atoms with Crippen molar-refractivity contribution < 1.29 is 13.2 Å². The van der Waals surface area contributed by atoms with Crippen LogP contribution in [0.15, 0.2) is 101 Å². The Hall–Kier alpha value is -3.21. The summed E-state index contributed by atoms with van der Waals surface area (Å²) in [4.78, 5) is 15.7. The number of carbonyl (C=O) groups is 1. The lowest BCUT2D eigenvalue weighted by molar-refractivity contribution is 0.0746. The third-order valence-electron chi connectivity index (χ3n) is 6.40. The van der Waals surface area contributed by atoms with Crippen molar-refractivity contribution in [2.75, 3.05) is 6.54 Å². The van der Waals surface area contributed by atoms with E-state index in [0.29, 0.717) is 25.1 Å². The molecule has 2 N–H and O–H groups in total. The highest BCUT2D eigenvalue weighted by Gasteiger charge is 2.18. The van der Waals surface area contributed by atoms with Crippen LogP contribution in [0.3, 0.4) is 0 Å². The number of benzene rings is 4. The van der Waals surface area contributed by atoms with Gasteiger partial charge in [0.25, 0.3) is 5.91 Å². The van der Waals surface area contributed by atoms with Gasteiger partial charge in [0.2, 0.25) is 10.0 Å². The molecular formula is C29H24N2O3S4. The maximum atomic E-state index is 13.8. The number of primary sulfonamides is 1. The second-order valence-corrected chi connectivity index (χ2v) is 13.2. The van der Waals surface area contributed by atoms with Gasteiger partial charge in [-0.25, -0.2) is 13.6 Å². The maximum Gasteiger partial charge on any atom is 0.254 e. The molecule has 0 atom stereocenters. The highest BCUT2D eigenvalue weighted by Crippen LogP contribution is 2.28. The summed E-state index contributed by atoms with van der Waals surface area (Å²) in [6, 6.07) is 28.3. The third kappa shape index (κ3) is 5.92. The predicted molar refractivity (Wildman–Crippen MR) is 159 cm³/mol. The first-order valence-corrected chi connectivity index (χ1v) is 16.0. The second-order valence-electron chi connectivity index (χ2n) is 8.88. The molecule has 0 fully saturated rings. The van der Waals surface area contributed by atoms with Crippen molar-refractivity contribution in [2.45, 2.75) is 17.9 Å². The van der Waals surface area contributed by atoms with Crippen LogP contribution in [0.2, 0.25) is 0 Å². The van der Waals surface area contributed by atoms with Crippen molar-refractivity contribution in [1.29, 1.82) is 0 Å². The SMILES string of the molecule is NS(=O)(=O)c1ccc(CCN(Cc2cccc3ccccc23)C(=O)c2ccc(-c3cssc3=S)cc2)cc1. The van der Waals surface area contributed by atoms with Gasteiger partial charge in [-0.2, -0.15) is 0 Å². The van der Waals surface area contributed by atoms with E-state index in [9.17, 15) is 13.2 Å². The van der Waals surface area contributed by atoms with E-state index >= 15 is 0 Å². The number of carbonyl (C=O) groups excluding carboxylic acids is 1. The molecule has 5 rings (SSSR count). The number of rotatable bonds is 8. The number of nitrogens with zero attached hydrogens (tertiary/aromatic N) is 1. The molecule has 0 bridgehead atoms. The molecule has 0 aliphatic carbocycles. The molecule has 0 spiro atoms. The molecule has 0 radical (unpaired) electrons. The van der Waals surface area contributed by atoms with Crippen LogP contribution >= 0.6 is 32.9 Å². The van der Waals surface area contributed by atoms with Gasteiger partial charge in [-0.3, -0.25) is 4.79 Å². The molecule has 9 heteroatoms. The molecule has 192 valence electrons. The van der Waals surface area contributed by atoms with Gasteiger partial charge < -0.3 is 4.90 Å². The molecule has 5 nitrogen and oxygen atoms in total. The Balaban J connectivity index is 1.42. The molecule has 1 heterocycles. The predicted octanol–water partition coefficient (Wildman–Crippen LogP) is 6.89. The van der Waals surface area contributed by atoms with Crippen molar-refractivity contribution in [1.82, 2.24) is 4.90 Å². The standard InChI is InChI=1S/C29H24N2O3S4/c30-38(33,34)25-14-8-20(9-15-25)16-17-31(18-24-6-3-5-21-4-1-2-7-26(21)24)28(32)23-12-10-22(11-13-23)27-19-36-37-29(27)35/h1-15,19H,16-18H2,(H2,30,33,34). The molecule has 0 saturated carbocycles. The van der Waals surface area contributed by atoms with E-state index in [1.807, 2.05) is 52.7 Å². The Morgan fingerprint density at radius 1 is 0.895 bits per heavy atom. The highest BCUT2D eigenvalue weighted by molar-refractivity contribution is 7.89. The first-order valence-electron chi connectivity index (χ1n) is 11.9. The topological polar surface area (TPSA) is 80.5 Å². The van der Waals surface area contributed by atoms with Gasteiger partial charge in [0.05, 0.1) is 4.90 Å². The van der Waals surface area contributed by atoms with Crippen LogP contribution in [0, 0.1) is 3.82 Å². The van der Waals surface area contributed by atoms with Crippen molar-refractivity contribution in [3.63, 3.8) is 0 Å². The smallest absolute Gasteiger partial charge is 0.254 e. The second kappa shape index (κ2) is 11.3. The van der Waals surface area contributed by atoms with E-state index < -0.39 is 10.0 Å². The Morgan fingerprint density at radius 2 is 1.61 bits per heavy atom. The van der Waals surface area contributed by atoms with Gasteiger partial charge in [0.15, 0.2) is 0 Å². The minimum absolute atomic E-state index is 0.0682. The Kier molecular flexibility index (Phi) is 7.83. The monoisotopic (exact) mass is 576 g/mol. The molecule has 0 saturated heterocycles. The highest BCUT2D eigenvalue weighted by atomic mass is 32.9. The molecule has 0 unspecified atom stereocenters. The quantitative estimate of drug-likeness (QED) is 0.161. The van der Waals surface area contributed by atoms with Crippen molar-refractivity contribution in [3.05, 3.63) is 117 Å². The summed E-state index contributed by atoms with van der Waals surface area (Å²) in [5.41, 5.74) is 4.60. The fourth-order valence-corrected chi connectivity index (χ4v) is 7.28. The first-order chi connectivity index (χ1) is 18.3. The van der Waals surface area contributed by atoms with E-state index in [-0.39, 0.29) is 10.8 Å². The van der Waals surface area contributed by atoms with Crippen LogP contribution in [0.5, 0.6) is 0 Å². The third-order valence-corrected chi connectivity index (χ3v) is 10.00. The molecule has 0 aliphatic rings. The van der Waals surface area contributed by atoms with E-state index in [1.165, 1.54) is 12.1 Å². The lowest BCUT2D eigenvalue weighted by Gasteiger charge is -2.24. The van der Waals surface area contributed by atoms with E-state index in [0.717, 1.165) is 36.9 Å². The molecule has 1 aromatic heterocycles. The summed E-state index contributed by atoms with van der Waals surface area (Å²) in [6.45, 7) is 0.904. The van der Waals surface area contributed by atoms with Crippen LogP contribution in [0.25, 0.3) is 21.9 Å². The van der Waals surface area contributed by atoms with Crippen LogP contribution in [-0.4, -0.2) is 25.8 Å². The van der Waals surface area contributed by atoms with E-state index in [2.05, 4.69) is 24.3 Å². The first kappa shape index (κ1) is 26.4. The lowest BCUT2D eigenvalue weighted by Crippen LogP contribution is -2.32. The Morgan fingerprint density at radius 3 is 2.29 bits per heavy atom. The van der Waals surface area contributed by atoms with Crippen LogP contribution in [0.4, 0.5) is 0 Å². The average molecular weight is 577 g/mol. The van der Waals surface area contributed by atoms with Crippen molar-refractivity contribution >= 4 is 59.6 Å². The number of hydrogen-bond acceptors (Lipinski definition) is 6. The van der Waals surface area contributed by atoms with E-state index in [1.54, 1.807) is 32.8 Å². The van der Waals surface area contributed by atoms with Gasteiger partial charge in [0, 0.05) is 29.6 Å². The van der Waals surface area contributed by atoms with Crippen molar-refractivity contribution in [2.24, 2.45) is 5.14 Å². The molecular weight excluding hydrogens is 553 g/mol. The zero-order valence-electron chi connectivity index (χ0n) is 20.2. The van der Waals surface area contributed by atoms with Crippen LogP contribution in [-0.2, 0) is 23.0 Å². The summed E-state index contributed by atoms with van der Waals surface area (Å²) < 4.78 is 24.1. The summed E-state index contributed by atoms with van der Waals surface area (Å²) in [5.74, 6) is -0.0719. The van der Waals surface area contributed by atoms with Crippen LogP contribution < -0.4 is 5.14 Å². The summed E-state index contributed by atoms with van der Waals surface area (Å²) in [6.07, 6.45) is 0.565. The fourth-order valence-electron chi connectivity index (χ4n) is 4.37. The average Bonchev–Trinajstić information content (AvgIpc) is 3.36. The summed E-state index contributed by atoms with van der Waals surface area (Å²) >= 11 is 5.43. The molecule has 4 aromatic carbocycles. The normalized spacial score (nSPS) is 11.5. The molecule has 5 aromatic rings. The number of nitrogens with two attached hydrogens (primary N) is 1. The summed E-state index contributed by atoms with van der Waals surface area (Å²) in [5, 5.41) is 9.50. The van der Waals surface area contributed by atoms with Gasteiger partial charge in [-0.1, -0.05) is 99.6 Å². The van der Waals surface area contributed by atoms with E-state index in [4.69, 9.17) is 17.4 Å². The van der Waals surface area contributed by atoms with Crippen LogP contribution in [0.1, 0.15) is 21.5 Å².